The monoisotopic (exact) mass is 433 g/mol. The minimum atomic E-state index is -4.56. The molecule has 1 saturated heterocycles. The maximum atomic E-state index is 13.6. The molecule has 164 valence electrons. The Morgan fingerprint density at radius 1 is 1.23 bits per heavy atom. The van der Waals surface area contributed by atoms with Crippen LogP contribution in [-0.4, -0.2) is 30.9 Å². The quantitative estimate of drug-likeness (QED) is 0.598. The second kappa shape index (κ2) is 7.90. The first-order chi connectivity index (χ1) is 14.6. The number of carbonyl (C=O) groups is 1. The van der Waals surface area contributed by atoms with E-state index in [4.69, 9.17) is 9.47 Å². The van der Waals surface area contributed by atoms with Crippen LogP contribution < -0.4 is 16.0 Å². The van der Waals surface area contributed by atoms with Crippen LogP contribution in [0, 0.1) is 0 Å². The van der Waals surface area contributed by atoms with Crippen LogP contribution in [0.15, 0.2) is 48.7 Å². The third kappa shape index (κ3) is 4.67. The summed E-state index contributed by atoms with van der Waals surface area (Å²) in [6, 6.07) is 11.0. The van der Waals surface area contributed by atoms with Crippen LogP contribution in [-0.2, 0) is 20.4 Å². The van der Waals surface area contributed by atoms with Crippen molar-refractivity contribution in [1.29, 1.82) is 0 Å². The van der Waals surface area contributed by atoms with Gasteiger partial charge in [-0.2, -0.15) is 13.2 Å². The summed E-state index contributed by atoms with van der Waals surface area (Å²) < 4.78 is 52.0. The van der Waals surface area contributed by atoms with Crippen LogP contribution in [0.1, 0.15) is 25.0 Å². The predicted molar refractivity (Wildman–Crippen MR) is 112 cm³/mol. The summed E-state index contributed by atoms with van der Waals surface area (Å²) in [5.74, 6) is -1.06. The van der Waals surface area contributed by atoms with E-state index >= 15 is 0 Å². The van der Waals surface area contributed by atoms with E-state index in [0.29, 0.717) is 23.4 Å². The summed E-state index contributed by atoms with van der Waals surface area (Å²) in [7, 11) is 0. The minimum absolute atomic E-state index is 0.0528. The minimum Gasteiger partial charge on any atom is -0.382 e. The third-order valence-electron chi connectivity index (χ3n) is 5.01. The van der Waals surface area contributed by atoms with Crippen molar-refractivity contribution >= 4 is 28.5 Å². The Morgan fingerprint density at radius 2 is 2.00 bits per heavy atom. The average Bonchev–Trinajstić information content (AvgIpc) is 3.22. The van der Waals surface area contributed by atoms with Gasteiger partial charge in [0.25, 0.3) is 5.91 Å². The topological polar surface area (TPSA) is 71.6 Å². The molecule has 0 bridgehead atoms. The molecule has 2 aromatic carbocycles. The lowest BCUT2D eigenvalue weighted by molar-refractivity contribution is -0.138. The van der Waals surface area contributed by atoms with E-state index < -0.39 is 17.5 Å². The number of rotatable bonds is 5. The van der Waals surface area contributed by atoms with Crippen LogP contribution in [0.25, 0.3) is 5.57 Å². The molecular weight excluding hydrogens is 411 g/mol. The molecule has 1 atom stereocenters. The fourth-order valence-corrected chi connectivity index (χ4v) is 3.55. The largest absolute Gasteiger partial charge is 0.418 e. The lowest BCUT2D eigenvalue weighted by Crippen LogP contribution is -2.26. The van der Waals surface area contributed by atoms with Gasteiger partial charge < -0.3 is 25.4 Å². The molecule has 2 aliphatic rings. The van der Waals surface area contributed by atoms with Gasteiger partial charge in [-0.15, -0.1) is 0 Å². The number of carbonyl (C=O) groups excluding carboxylic acids is 1. The molecule has 1 amide bonds. The Morgan fingerprint density at radius 3 is 2.71 bits per heavy atom. The van der Waals surface area contributed by atoms with Gasteiger partial charge >= 0.3 is 6.18 Å². The van der Waals surface area contributed by atoms with E-state index in [0.717, 1.165) is 6.07 Å². The fourth-order valence-electron chi connectivity index (χ4n) is 3.55. The zero-order chi connectivity index (χ0) is 22.2. The summed E-state index contributed by atoms with van der Waals surface area (Å²) in [5.41, 5.74) is 1.05. The predicted octanol–water partition coefficient (Wildman–Crippen LogP) is 4.67. The van der Waals surface area contributed by atoms with Gasteiger partial charge in [0.2, 0.25) is 0 Å². The van der Waals surface area contributed by atoms with E-state index in [2.05, 4.69) is 16.0 Å². The first-order valence-electron chi connectivity index (χ1n) is 9.77. The lowest BCUT2D eigenvalue weighted by Gasteiger charge is -2.19. The van der Waals surface area contributed by atoms with Crippen LogP contribution in [0.4, 0.5) is 30.2 Å². The number of anilines is 3. The first kappa shape index (κ1) is 21.2. The van der Waals surface area contributed by atoms with Crippen LogP contribution >= 0.6 is 0 Å². The molecule has 31 heavy (non-hydrogen) atoms. The van der Waals surface area contributed by atoms with Gasteiger partial charge in [0.15, 0.2) is 5.79 Å². The highest BCUT2D eigenvalue weighted by molar-refractivity contribution is 6.31. The van der Waals surface area contributed by atoms with Crippen molar-refractivity contribution in [3.63, 3.8) is 0 Å². The Bertz CT molecular complexity index is 1030. The van der Waals surface area contributed by atoms with Gasteiger partial charge in [0.05, 0.1) is 17.7 Å². The van der Waals surface area contributed by atoms with Gasteiger partial charge in [0, 0.05) is 35.4 Å². The third-order valence-corrected chi connectivity index (χ3v) is 5.01. The fraction of sp³-hybridized carbons (Fsp3) is 0.318. The molecule has 6 nitrogen and oxygen atoms in total. The SMILES string of the molecule is CC1(C)OCC(CNc2ccc(NC=C3C(=O)Nc4ccccc43)cc2C(F)(F)F)O1. The van der Waals surface area contributed by atoms with Crippen molar-refractivity contribution in [2.75, 3.05) is 29.1 Å². The number of ether oxygens (including phenoxy) is 2. The molecule has 0 aromatic heterocycles. The Kier molecular flexibility index (Phi) is 5.40. The second-order valence-corrected chi connectivity index (χ2v) is 7.79. The number of hydrogen-bond acceptors (Lipinski definition) is 5. The number of para-hydroxylation sites is 1. The molecule has 0 saturated carbocycles. The molecule has 1 unspecified atom stereocenters. The molecule has 0 radical (unpaired) electrons. The van der Waals surface area contributed by atoms with E-state index in [9.17, 15) is 18.0 Å². The Balaban J connectivity index is 1.52. The van der Waals surface area contributed by atoms with Crippen LogP contribution in [0.3, 0.4) is 0 Å². The van der Waals surface area contributed by atoms with Crippen molar-refractivity contribution in [3.8, 4) is 0 Å². The van der Waals surface area contributed by atoms with E-state index in [1.165, 1.54) is 18.3 Å². The van der Waals surface area contributed by atoms with Crippen LogP contribution in [0.5, 0.6) is 0 Å². The number of fused-ring (bicyclic) bond motifs is 1. The number of benzene rings is 2. The van der Waals surface area contributed by atoms with Crippen molar-refractivity contribution < 1.29 is 27.4 Å². The maximum absolute atomic E-state index is 13.6. The number of halogens is 3. The van der Waals surface area contributed by atoms with Crippen molar-refractivity contribution in [2.45, 2.75) is 31.9 Å². The summed E-state index contributed by atoms with van der Waals surface area (Å²) in [4.78, 5) is 12.2. The van der Waals surface area contributed by atoms with Crippen molar-refractivity contribution in [1.82, 2.24) is 0 Å². The maximum Gasteiger partial charge on any atom is 0.418 e. The van der Waals surface area contributed by atoms with Gasteiger partial charge in [-0.25, -0.2) is 0 Å². The molecule has 2 heterocycles. The molecule has 0 aliphatic carbocycles. The molecule has 9 heteroatoms. The van der Waals surface area contributed by atoms with Gasteiger partial charge in [-0.3, -0.25) is 4.79 Å². The summed E-state index contributed by atoms with van der Waals surface area (Å²) in [6.07, 6.45) is -3.49. The zero-order valence-electron chi connectivity index (χ0n) is 17.0. The Labute approximate surface area is 177 Å². The first-order valence-corrected chi connectivity index (χ1v) is 9.77. The van der Waals surface area contributed by atoms with E-state index in [-0.39, 0.29) is 29.9 Å². The van der Waals surface area contributed by atoms with Crippen LogP contribution in [0.2, 0.25) is 0 Å². The average molecular weight is 433 g/mol. The molecule has 1 fully saturated rings. The zero-order valence-corrected chi connectivity index (χ0v) is 17.0. The summed E-state index contributed by atoms with van der Waals surface area (Å²) in [5, 5.41) is 8.34. The molecule has 2 aromatic rings. The van der Waals surface area contributed by atoms with Gasteiger partial charge in [0.1, 0.15) is 6.10 Å². The highest BCUT2D eigenvalue weighted by Crippen LogP contribution is 2.37. The molecule has 3 N–H and O–H groups in total. The van der Waals surface area contributed by atoms with Gasteiger partial charge in [-0.05, 0) is 38.1 Å². The Hall–Kier alpha value is -3.04. The van der Waals surface area contributed by atoms with Crippen molar-refractivity contribution in [2.24, 2.45) is 0 Å². The molecule has 2 aliphatic heterocycles. The van der Waals surface area contributed by atoms with Crippen molar-refractivity contribution in [3.05, 3.63) is 59.8 Å². The van der Waals surface area contributed by atoms with E-state index in [1.807, 2.05) is 0 Å². The summed E-state index contributed by atoms with van der Waals surface area (Å²) >= 11 is 0. The van der Waals surface area contributed by atoms with Gasteiger partial charge in [-0.1, -0.05) is 18.2 Å². The smallest absolute Gasteiger partial charge is 0.382 e. The standard InChI is InChI=1S/C22H22F3N3O3/c1-21(2)30-12-14(31-21)10-27-19-8-7-13(9-17(19)22(23,24)25)26-11-16-15-5-3-4-6-18(15)28-20(16)29/h3-9,11,14,26-27H,10,12H2,1-2H3,(H,28,29). The normalized spacial score (nSPS) is 21.1. The highest BCUT2D eigenvalue weighted by Gasteiger charge is 2.36. The number of nitrogens with one attached hydrogen (secondary N) is 3. The number of alkyl halides is 3. The number of hydrogen-bond donors (Lipinski definition) is 3. The second-order valence-electron chi connectivity index (χ2n) is 7.79. The summed E-state index contributed by atoms with van der Waals surface area (Å²) in [6.45, 7) is 4.00. The highest BCUT2D eigenvalue weighted by atomic mass is 19.4. The van der Waals surface area contributed by atoms with E-state index in [1.54, 1.807) is 38.1 Å². The molecule has 0 spiro atoms. The lowest BCUT2D eigenvalue weighted by atomic mass is 10.1. The molecular formula is C22H22F3N3O3. The molecule has 4 rings (SSSR count). The number of amides is 1.